The van der Waals surface area contributed by atoms with E-state index in [0.29, 0.717) is 55.5 Å². The van der Waals surface area contributed by atoms with Crippen LogP contribution in [0.3, 0.4) is 0 Å². The third kappa shape index (κ3) is 5.59. The van der Waals surface area contributed by atoms with Crippen LogP contribution in [0.1, 0.15) is 29.2 Å². The zero-order chi connectivity index (χ0) is 31.0. The number of ketones is 1. The fraction of sp³-hybridized carbons (Fsp3) is 0.259. The van der Waals surface area contributed by atoms with Crippen LogP contribution in [0, 0.1) is 0 Å². The molecule has 0 saturated carbocycles. The summed E-state index contributed by atoms with van der Waals surface area (Å²) in [7, 11) is 1.15. The van der Waals surface area contributed by atoms with Gasteiger partial charge in [-0.1, -0.05) is 42.5 Å². The quantitative estimate of drug-likeness (QED) is 0.154. The van der Waals surface area contributed by atoms with E-state index in [1.807, 2.05) is 0 Å². The largest absolute Gasteiger partial charge is 0.497 e. The van der Waals surface area contributed by atoms with Crippen LogP contribution in [-0.2, 0) is 26.8 Å². The van der Waals surface area contributed by atoms with Gasteiger partial charge in [0.15, 0.2) is 0 Å². The van der Waals surface area contributed by atoms with Crippen LogP contribution in [0.2, 0.25) is 0 Å². The Morgan fingerprint density at radius 1 is 0.585 bits per heavy atom. The molecule has 0 amide bonds. The van der Waals surface area contributed by atoms with E-state index < -0.39 is 69.4 Å². The van der Waals surface area contributed by atoms with Crippen molar-refractivity contribution in [3.05, 3.63) is 95.1 Å². The van der Waals surface area contributed by atoms with Crippen LogP contribution in [0.25, 0.3) is 0 Å². The average Bonchev–Trinajstić information content (AvgIpc) is 2.88. The second-order valence-corrected chi connectivity index (χ2v) is 8.67. The van der Waals surface area contributed by atoms with Crippen molar-refractivity contribution >= 4 is 11.8 Å². The molecule has 220 valence electrons. The van der Waals surface area contributed by atoms with E-state index in [9.17, 15) is 53.5 Å². The molecule has 0 bridgehead atoms. The Hall–Kier alpha value is -4.10. The van der Waals surface area contributed by atoms with E-state index >= 15 is 0 Å². The molecular formula is C27H18F10O4. The molecule has 4 nitrogen and oxygen atoms in total. The molecule has 0 aliphatic rings. The van der Waals surface area contributed by atoms with Gasteiger partial charge < -0.3 is 9.47 Å². The summed E-state index contributed by atoms with van der Waals surface area (Å²) >= 11 is 0. The molecule has 41 heavy (non-hydrogen) atoms. The van der Waals surface area contributed by atoms with Crippen LogP contribution in [-0.4, -0.2) is 31.2 Å². The predicted molar refractivity (Wildman–Crippen MR) is 123 cm³/mol. The molecule has 0 saturated heterocycles. The average molecular weight is 596 g/mol. The maximum absolute atomic E-state index is 14.8. The Bertz CT molecular complexity index is 1400. The number of benzene rings is 3. The highest BCUT2D eigenvalue weighted by Gasteiger charge is 2.72. The van der Waals surface area contributed by atoms with Gasteiger partial charge in [0.2, 0.25) is 11.2 Å². The number of halogens is 10. The van der Waals surface area contributed by atoms with Crippen molar-refractivity contribution in [3.63, 3.8) is 0 Å². The number of ether oxygens (including phenoxy) is 2. The maximum Gasteiger partial charge on any atom is 0.411 e. The van der Waals surface area contributed by atoms with Crippen molar-refractivity contribution in [1.29, 1.82) is 0 Å². The number of hydrogen-bond acceptors (Lipinski definition) is 4. The summed E-state index contributed by atoms with van der Waals surface area (Å²) < 4.78 is 152. The SMILES string of the molecule is COc1ccc(C(c2ccc(OC(=O)C(F)(F)c3cccc(C(F)(F)C(C)=O)c3)cc2)(C(F)(F)F)C(F)(F)F)cc1. The fourth-order valence-electron chi connectivity index (χ4n) is 4.00. The number of methoxy groups -OCH3 is 1. The van der Waals surface area contributed by atoms with Crippen molar-refractivity contribution in [2.45, 2.75) is 36.5 Å². The minimum atomic E-state index is -5.95. The molecule has 0 aliphatic heterocycles. The highest BCUT2D eigenvalue weighted by Crippen LogP contribution is 2.56. The molecule has 3 rings (SSSR count). The molecular weight excluding hydrogens is 578 g/mol. The van der Waals surface area contributed by atoms with Gasteiger partial charge in [0.05, 0.1) is 7.11 Å². The van der Waals surface area contributed by atoms with Gasteiger partial charge >= 0.3 is 30.2 Å². The number of hydrogen-bond donors (Lipinski definition) is 0. The molecule has 0 unspecified atom stereocenters. The third-order valence-electron chi connectivity index (χ3n) is 6.16. The molecule has 0 aliphatic carbocycles. The number of esters is 1. The van der Waals surface area contributed by atoms with Crippen LogP contribution in [0.4, 0.5) is 43.9 Å². The van der Waals surface area contributed by atoms with E-state index in [4.69, 9.17) is 4.74 Å². The second-order valence-electron chi connectivity index (χ2n) is 8.67. The maximum atomic E-state index is 14.8. The van der Waals surface area contributed by atoms with E-state index in [-0.39, 0.29) is 11.8 Å². The van der Waals surface area contributed by atoms with Crippen molar-refractivity contribution in [2.24, 2.45) is 0 Å². The Morgan fingerprint density at radius 3 is 1.39 bits per heavy atom. The van der Waals surface area contributed by atoms with Crippen LogP contribution < -0.4 is 9.47 Å². The fourth-order valence-corrected chi connectivity index (χ4v) is 4.00. The van der Waals surface area contributed by atoms with Crippen LogP contribution >= 0.6 is 0 Å². The third-order valence-corrected chi connectivity index (χ3v) is 6.16. The zero-order valence-electron chi connectivity index (χ0n) is 20.8. The van der Waals surface area contributed by atoms with Gasteiger partial charge in [0.25, 0.3) is 0 Å². The minimum absolute atomic E-state index is 0.0225. The molecule has 0 radical (unpaired) electrons. The van der Waals surface area contributed by atoms with Crippen LogP contribution in [0.15, 0.2) is 72.8 Å². The molecule has 0 atom stereocenters. The Labute approximate surface area is 225 Å². The number of carbonyl (C=O) groups is 2. The normalized spacial score (nSPS) is 13.1. The summed E-state index contributed by atoms with van der Waals surface area (Å²) in [4.78, 5) is 23.4. The van der Waals surface area contributed by atoms with E-state index in [2.05, 4.69) is 4.74 Å². The first-order valence-electron chi connectivity index (χ1n) is 11.3. The molecule has 0 heterocycles. The number of alkyl halides is 10. The topological polar surface area (TPSA) is 52.6 Å². The number of carbonyl (C=O) groups excluding carboxylic acids is 2. The van der Waals surface area contributed by atoms with Gasteiger partial charge in [-0.3, -0.25) is 4.79 Å². The molecule has 0 spiro atoms. The van der Waals surface area contributed by atoms with Crippen molar-refractivity contribution in [1.82, 2.24) is 0 Å². The van der Waals surface area contributed by atoms with E-state index in [0.717, 1.165) is 25.3 Å². The van der Waals surface area contributed by atoms with Gasteiger partial charge in [-0.25, -0.2) is 4.79 Å². The van der Waals surface area contributed by atoms with Gasteiger partial charge in [-0.05, 0) is 41.5 Å². The zero-order valence-corrected chi connectivity index (χ0v) is 20.8. The first-order chi connectivity index (χ1) is 18.8. The lowest BCUT2D eigenvalue weighted by Crippen LogP contribution is -2.54. The summed E-state index contributed by atoms with van der Waals surface area (Å²) in [5.41, 5.74) is -9.61. The summed E-state index contributed by atoms with van der Waals surface area (Å²) in [5.74, 6) is -13.7. The van der Waals surface area contributed by atoms with Gasteiger partial charge in [-0.15, -0.1) is 0 Å². The minimum Gasteiger partial charge on any atom is -0.497 e. The monoisotopic (exact) mass is 596 g/mol. The predicted octanol–water partition coefficient (Wildman–Crippen LogP) is 7.48. The van der Waals surface area contributed by atoms with Crippen molar-refractivity contribution in [3.8, 4) is 11.5 Å². The molecule has 3 aromatic rings. The first kappa shape index (κ1) is 31.4. The van der Waals surface area contributed by atoms with Crippen molar-refractivity contribution < 1.29 is 63.0 Å². The standard InChI is InChI=1S/C27H18F10O4/c1-15(38)24(28,29)18-4-3-5-19(14-18)25(30,31)22(39)41-21-12-8-17(9-13-21)23(26(32,33)34,27(35,36)37)16-6-10-20(40-2)11-7-16/h3-14H,1-2H3. The van der Waals surface area contributed by atoms with Gasteiger partial charge in [-0.2, -0.15) is 43.9 Å². The highest BCUT2D eigenvalue weighted by atomic mass is 19.4. The Kier molecular flexibility index (Phi) is 8.21. The summed E-state index contributed by atoms with van der Waals surface area (Å²) in [6, 6.07) is 6.59. The molecule has 0 N–H and O–H groups in total. The summed E-state index contributed by atoms with van der Waals surface area (Å²) in [6.45, 7) is 0.518. The summed E-state index contributed by atoms with van der Waals surface area (Å²) in [6.07, 6.45) is -11.9. The lowest BCUT2D eigenvalue weighted by molar-refractivity contribution is -0.288. The molecule has 14 heteroatoms. The highest BCUT2D eigenvalue weighted by molar-refractivity contribution is 5.85. The van der Waals surface area contributed by atoms with E-state index in [1.54, 1.807) is 0 Å². The number of Topliss-reactive ketones (excluding diaryl/α,β-unsaturated/α-hetero) is 1. The van der Waals surface area contributed by atoms with Gasteiger partial charge in [0, 0.05) is 18.1 Å². The second kappa shape index (κ2) is 10.7. The van der Waals surface area contributed by atoms with E-state index in [1.165, 1.54) is 0 Å². The number of rotatable bonds is 8. The molecule has 0 aromatic heterocycles. The smallest absolute Gasteiger partial charge is 0.411 e. The molecule has 0 fully saturated rings. The first-order valence-corrected chi connectivity index (χ1v) is 11.3. The Morgan fingerprint density at radius 2 is 1.00 bits per heavy atom. The Balaban J connectivity index is 2.00. The lowest BCUT2D eigenvalue weighted by atomic mass is 9.73. The van der Waals surface area contributed by atoms with Crippen LogP contribution in [0.5, 0.6) is 11.5 Å². The molecule has 3 aromatic carbocycles. The lowest BCUT2D eigenvalue weighted by Gasteiger charge is -2.38. The van der Waals surface area contributed by atoms with Gasteiger partial charge in [0.1, 0.15) is 11.5 Å². The van der Waals surface area contributed by atoms with Crippen molar-refractivity contribution in [2.75, 3.05) is 7.11 Å². The summed E-state index contributed by atoms with van der Waals surface area (Å²) in [5, 5.41) is 0.